The Morgan fingerprint density at radius 3 is 2.76 bits per heavy atom. The van der Waals surface area contributed by atoms with Crippen LogP contribution < -0.4 is 10.2 Å². The minimum absolute atomic E-state index is 0.0210. The molecule has 1 aliphatic heterocycles. The molecule has 2 fully saturated rings. The number of amides is 1. The van der Waals surface area contributed by atoms with E-state index in [-0.39, 0.29) is 11.8 Å². The Hall–Kier alpha value is -4.38. The molecular formula is C27H26FN9O. The van der Waals surface area contributed by atoms with Gasteiger partial charge in [-0.05, 0) is 38.1 Å². The van der Waals surface area contributed by atoms with E-state index in [0.717, 1.165) is 61.3 Å². The molecule has 1 saturated heterocycles. The van der Waals surface area contributed by atoms with Crippen molar-refractivity contribution in [1.29, 1.82) is 0 Å². The number of H-pyrrole nitrogens is 2. The van der Waals surface area contributed by atoms with Crippen LogP contribution in [0.3, 0.4) is 0 Å². The first-order valence-corrected chi connectivity index (χ1v) is 12.8. The minimum atomic E-state index is -0.411. The van der Waals surface area contributed by atoms with Crippen LogP contribution in [0, 0.1) is 11.7 Å². The van der Waals surface area contributed by atoms with E-state index in [1.54, 1.807) is 30.7 Å². The van der Waals surface area contributed by atoms with Gasteiger partial charge in [-0.25, -0.2) is 14.4 Å². The second kappa shape index (κ2) is 8.88. The number of carbonyl (C=O) groups is 1. The van der Waals surface area contributed by atoms with E-state index in [1.165, 1.54) is 6.07 Å². The number of halogens is 1. The number of carbonyl (C=O) groups excluding carboxylic acids is 1. The van der Waals surface area contributed by atoms with Crippen LogP contribution in [0.25, 0.3) is 44.6 Å². The standard InChI is InChI=1S/C27H26FN9O/c1-36-6-8-37(9-7-36)26-24-21(4-5-30-26)32-25(33-24)23-19-11-18(20(28)12-22(19)34-35-23)16-10-17(14-29-13-16)31-27(38)15-2-3-15/h4-5,10-15H,2-3,6-9H2,1H3,(H,31,38)(H,32,33)(H,34,35). The lowest BCUT2D eigenvalue weighted by Crippen LogP contribution is -2.44. The summed E-state index contributed by atoms with van der Waals surface area (Å²) in [6, 6.07) is 6.82. The Morgan fingerprint density at radius 1 is 1.11 bits per heavy atom. The Bertz CT molecular complexity index is 1680. The van der Waals surface area contributed by atoms with E-state index >= 15 is 4.39 Å². The van der Waals surface area contributed by atoms with Gasteiger partial charge in [0.1, 0.15) is 17.0 Å². The van der Waals surface area contributed by atoms with Crippen LogP contribution in [0.4, 0.5) is 15.9 Å². The van der Waals surface area contributed by atoms with Gasteiger partial charge >= 0.3 is 0 Å². The molecular weight excluding hydrogens is 485 g/mol. The van der Waals surface area contributed by atoms with E-state index in [9.17, 15) is 4.79 Å². The van der Waals surface area contributed by atoms with Crippen molar-refractivity contribution < 1.29 is 9.18 Å². The number of aromatic amines is 2. The summed E-state index contributed by atoms with van der Waals surface area (Å²) >= 11 is 0. The lowest BCUT2D eigenvalue weighted by Gasteiger charge is -2.33. The molecule has 3 N–H and O–H groups in total. The monoisotopic (exact) mass is 511 g/mol. The summed E-state index contributed by atoms with van der Waals surface area (Å²) in [5, 5.41) is 11.0. The quantitative estimate of drug-likeness (QED) is 0.328. The van der Waals surface area contributed by atoms with Crippen LogP contribution in [-0.2, 0) is 4.79 Å². The molecule has 4 aromatic heterocycles. The number of hydrogen-bond acceptors (Lipinski definition) is 7. The molecule has 1 saturated carbocycles. The first-order chi connectivity index (χ1) is 18.5. The van der Waals surface area contributed by atoms with Crippen LogP contribution in [-0.4, -0.2) is 74.2 Å². The van der Waals surface area contributed by atoms with Crippen LogP contribution in [0.2, 0.25) is 0 Å². The number of pyridine rings is 2. The SMILES string of the molecule is CN1CCN(c2nccc3[nH]c(-c4n[nH]c5cc(F)c(-c6cncc(NC(=O)C7CC7)c6)cc45)nc23)CC1. The first-order valence-electron chi connectivity index (χ1n) is 12.8. The van der Waals surface area contributed by atoms with Gasteiger partial charge in [0.15, 0.2) is 11.6 Å². The molecule has 5 aromatic rings. The maximum absolute atomic E-state index is 15.2. The molecule has 1 aliphatic carbocycles. The van der Waals surface area contributed by atoms with E-state index in [4.69, 9.17) is 4.98 Å². The molecule has 0 atom stereocenters. The van der Waals surface area contributed by atoms with Gasteiger partial charge in [-0.2, -0.15) is 5.10 Å². The van der Waals surface area contributed by atoms with Crippen molar-refractivity contribution in [2.45, 2.75) is 12.8 Å². The number of likely N-dealkylation sites (N-methyl/N-ethyl adjacent to an activating group) is 1. The van der Waals surface area contributed by atoms with Crippen molar-refractivity contribution in [2.75, 3.05) is 43.4 Å². The summed E-state index contributed by atoms with van der Waals surface area (Å²) in [5.41, 5.74) is 4.28. The number of imidazole rings is 1. The largest absolute Gasteiger partial charge is 0.352 e. The van der Waals surface area contributed by atoms with Crippen molar-refractivity contribution in [3.8, 4) is 22.6 Å². The molecule has 192 valence electrons. The second-order valence-electron chi connectivity index (χ2n) is 10.1. The molecule has 1 amide bonds. The summed E-state index contributed by atoms with van der Waals surface area (Å²) in [5.74, 6) is 1.06. The summed E-state index contributed by atoms with van der Waals surface area (Å²) in [6.07, 6.45) is 6.76. The number of fused-ring (bicyclic) bond motifs is 2. The maximum Gasteiger partial charge on any atom is 0.227 e. The molecule has 10 nitrogen and oxygen atoms in total. The topological polar surface area (TPSA) is 119 Å². The number of nitrogens with one attached hydrogen (secondary N) is 3. The van der Waals surface area contributed by atoms with Crippen LogP contribution >= 0.6 is 0 Å². The highest BCUT2D eigenvalue weighted by molar-refractivity contribution is 5.98. The lowest BCUT2D eigenvalue weighted by molar-refractivity contribution is -0.117. The van der Waals surface area contributed by atoms with Crippen molar-refractivity contribution in [2.24, 2.45) is 5.92 Å². The van der Waals surface area contributed by atoms with Gasteiger partial charge in [0.2, 0.25) is 5.91 Å². The summed E-state index contributed by atoms with van der Waals surface area (Å²) in [7, 11) is 2.12. The fourth-order valence-corrected chi connectivity index (χ4v) is 4.97. The molecule has 0 radical (unpaired) electrons. The van der Waals surface area contributed by atoms with Gasteiger partial charge in [-0.1, -0.05) is 0 Å². The number of aromatic nitrogens is 6. The molecule has 1 aromatic carbocycles. The Kier molecular flexibility index (Phi) is 5.32. The zero-order chi connectivity index (χ0) is 25.8. The number of nitrogens with zero attached hydrogens (tertiary/aromatic N) is 6. The predicted octanol–water partition coefficient (Wildman–Crippen LogP) is 3.80. The summed E-state index contributed by atoms with van der Waals surface area (Å²) in [6.45, 7) is 3.70. The number of hydrogen-bond donors (Lipinski definition) is 3. The Morgan fingerprint density at radius 2 is 1.95 bits per heavy atom. The predicted molar refractivity (Wildman–Crippen MR) is 143 cm³/mol. The highest BCUT2D eigenvalue weighted by Crippen LogP contribution is 2.35. The van der Waals surface area contributed by atoms with E-state index in [0.29, 0.717) is 33.8 Å². The highest BCUT2D eigenvalue weighted by atomic mass is 19.1. The average Bonchev–Trinajstić information content (AvgIpc) is 3.56. The van der Waals surface area contributed by atoms with Gasteiger partial charge in [-0.3, -0.25) is 14.9 Å². The second-order valence-corrected chi connectivity index (χ2v) is 10.1. The number of piperazine rings is 1. The summed E-state index contributed by atoms with van der Waals surface area (Å²) in [4.78, 5) is 33.9. The van der Waals surface area contributed by atoms with E-state index in [2.05, 4.69) is 47.3 Å². The van der Waals surface area contributed by atoms with Gasteiger partial charge in [-0.15, -0.1) is 0 Å². The van der Waals surface area contributed by atoms with Crippen molar-refractivity contribution in [3.63, 3.8) is 0 Å². The van der Waals surface area contributed by atoms with E-state index in [1.807, 2.05) is 6.07 Å². The molecule has 0 spiro atoms. The molecule has 0 bridgehead atoms. The van der Waals surface area contributed by atoms with Gasteiger partial charge in [0.05, 0.1) is 22.9 Å². The molecule has 11 heteroatoms. The lowest BCUT2D eigenvalue weighted by atomic mass is 10.0. The molecule has 5 heterocycles. The number of rotatable bonds is 5. The smallest absolute Gasteiger partial charge is 0.227 e. The number of anilines is 2. The molecule has 7 rings (SSSR count). The number of benzene rings is 1. The third-order valence-corrected chi connectivity index (χ3v) is 7.32. The van der Waals surface area contributed by atoms with Crippen LogP contribution in [0.5, 0.6) is 0 Å². The minimum Gasteiger partial charge on any atom is -0.352 e. The fraction of sp³-hybridized carbons (Fsp3) is 0.296. The van der Waals surface area contributed by atoms with Crippen molar-refractivity contribution in [1.82, 2.24) is 35.0 Å². The Balaban J connectivity index is 1.27. The Labute approximate surface area is 217 Å². The third-order valence-electron chi connectivity index (χ3n) is 7.32. The molecule has 38 heavy (non-hydrogen) atoms. The third kappa shape index (κ3) is 4.04. The average molecular weight is 512 g/mol. The maximum atomic E-state index is 15.2. The normalized spacial score (nSPS) is 16.4. The highest BCUT2D eigenvalue weighted by Gasteiger charge is 2.29. The zero-order valence-electron chi connectivity index (χ0n) is 20.8. The van der Waals surface area contributed by atoms with Crippen molar-refractivity contribution >= 4 is 39.3 Å². The summed E-state index contributed by atoms with van der Waals surface area (Å²) < 4.78 is 15.2. The zero-order valence-corrected chi connectivity index (χ0v) is 20.8. The van der Waals surface area contributed by atoms with Crippen LogP contribution in [0.1, 0.15) is 12.8 Å². The van der Waals surface area contributed by atoms with E-state index < -0.39 is 5.82 Å². The van der Waals surface area contributed by atoms with Gasteiger partial charge in [0, 0.05) is 67.1 Å². The van der Waals surface area contributed by atoms with Crippen LogP contribution in [0.15, 0.2) is 42.9 Å². The van der Waals surface area contributed by atoms with Gasteiger partial charge in [0.25, 0.3) is 0 Å². The first kappa shape index (κ1) is 22.8. The van der Waals surface area contributed by atoms with Gasteiger partial charge < -0.3 is 20.1 Å². The molecule has 2 aliphatic rings. The van der Waals surface area contributed by atoms with Crippen molar-refractivity contribution in [3.05, 3.63) is 48.7 Å². The molecule has 0 unspecified atom stereocenters. The fourth-order valence-electron chi connectivity index (χ4n) is 4.97.